The Labute approximate surface area is 139 Å². The lowest BCUT2D eigenvalue weighted by atomic mass is 9.83. The number of aromatic nitrogens is 1. The van der Waals surface area contributed by atoms with E-state index in [2.05, 4.69) is 57.3 Å². The summed E-state index contributed by atoms with van der Waals surface area (Å²) in [5, 5.41) is 0.843. The summed E-state index contributed by atoms with van der Waals surface area (Å²) in [6.45, 7) is 12.5. The molecule has 0 aliphatic rings. The van der Waals surface area contributed by atoms with Gasteiger partial charge in [0.25, 0.3) is 0 Å². The van der Waals surface area contributed by atoms with Gasteiger partial charge in [-0.25, -0.2) is 8.42 Å². The number of anilines is 1. The van der Waals surface area contributed by atoms with Crippen molar-refractivity contribution in [3.8, 4) is 0 Å². The second-order valence-corrected chi connectivity index (χ2v) is 9.87. The summed E-state index contributed by atoms with van der Waals surface area (Å²) in [4.78, 5) is 4.67. The molecule has 126 valence electrons. The molecular formula is C18H26N2O2S. The minimum Gasteiger partial charge on any atom is -0.283 e. The second kappa shape index (κ2) is 5.48. The highest BCUT2D eigenvalue weighted by Gasteiger charge is 2.25. The van der Waals surface area contributed by atoms with Crippen LogP contribution in [0.4, 0.5) is 5.69 Å². The van der Waals surface area contributed by atoms with E-state index in [-0.39, 0.29) is 10.8 Å². The van der Waals surface area contributed by atoms with Crippen LogP contribution in [-0.2, 0) is 20.9 Å². The fraction of sp³-hybridized carbons (Fsp3) is 0.500. The minimum atomic E-state index is -3.38. The summed E-state index contributed by atoms with van der Waals surface area (Å²) >= 11 is 0. The molecule has 0 bridgehead atoms. The van der Waals surface area contributed by atoms with E-state index in [1.807, 2.05) is 12.1 Å². The van der Waals surface area contributed by atoms with E-state index >= 15 is 0 Å². The van der Waals surface area contributed by atoms with E-state index in [1.54, 1.807) is 6.20 Å². The quantitative estimate of drug-likeness (QED) is 0.895. The summed E-state index contributed by atoms with van der Waals surface area (Å²) in [5.41, 5.74) is 3.19. The molecule has 1 heterocycles. The number of nitrogens with one attached hydrogen (secondary N) is 1. The Morgan fingerprint density at radius 1 is 0.957 bits per heavy atom. The van der Waals surface area contributed by atoms with Crippen molar-refractivity contribution in [3.63, 3.8) is 0 Å². The Morgan fingerprint density at radius 3 is 2.00 bits per heavy atom. The van der Waals surface area contributed by atoms with Gasteiger partial charge >= 0.3 is 0 Å². The van der Waals surface area contributed by atoms with E-state index in [0.29, 0.717) is 5.69 Å². The molecule has 4 nitrogen and oxygen atoms in total. The third-order valence-electron chi connectivity index (χ3n) is 3.80. The monoisotopic (exact) mass is 334 g/mol. The van der Waals surface area contributed by atoms with Gasteiger partial charge in [0.1, 0.15) is 0 Å². The highest BCUT2D eigenvalue weighted by molar-refractivity contribution is 7.92. The Morgan fingerprint density at radius 2 is 1.52 bits per heavy atom. The molecule has 0 spiro atoms. The first-order valence-electron chi connectivity index (χ1n) is 7.71. The van der Waals surface area contributed by atoms with Crippen LogP contribution in [-0.4, -0.2) is 19.7 Å². The van der Waals surface area contributed by atoms with Crippen molar-refractivity contribution in [1.29, 1.82) is 0 Å². The molecule has 0 radical (unpaired) electrons. The molecule has 0 saturated carbocycles. The van der Waals surface area contributed by atoms with E-state index < -0.39 is 10.0 Å². The van der Waals surface area contributed by atoms with Crippen LogP contribution >= 0.6 is 0 Å². The van der Waals surface area contributed by atoms with E-state index in [4.69, 9.17) is 0 Å². The normalized spacial score (nSPS) is 13.3. The first-order valence-corrected chi connectivity index (χ1v) is 9.60. The predicted molar refractivity (Wildman–Crippen MR) is 97.6 cm³/mol. The van der Waals surface area contributed by atoms with Crippen LogP contribution in [0, 0.1) is 0 Å². The standard InChI is InChI=1S/C18H26N2O2S/c1-17(2,3)13-10-8-9-12-15(13)19-11-14(18(4,5)6)16(12)20-23(7,21)22/h8-11H,1-7H3,(H,19,20). The van der Waals surface area contributed by atoms with Crippen molar-refractivity contribution in [1.82, 2.24) is 4.98 Å². The number of hydrogen-bond acceptors (Lipinski definition) is 3. The van der Waals surface area contributed by atoms with Crippen molar-refractivity contribution in [2.75, 3.05) is 11.0 Å². The molecule has 0 unspecified atom stereocenters. The lowest BCUT2D eigenvalue weighted by Crippen LogP contribution is -2.20. The van der Waals surface area contributed by atoms with Crippen molar-refractivity contribution in [2.45, 2.75) is 52.4 Å². The maximum absolute atomic E-state index is 11.9. The summed E-state index contributed by atoms with van der Waals surface area (Å²) < 4.78 is 26.5. The summed E-state index contributed by atoms with van der Waals surface area (Å²) in [5.74, 6) is 0. The fourth-order valence-electron chi connectivity index (χ4n) is 2.69. The average Bonchev–Trinajstić information content (AvgIpc) is 2.34. The van der Waals surface area contributed by atoms with Crippen molar-refractivity contribution in [2.24, 2.45) is 0 Å². The summed E-state index contributed by atoms with van der Waals surface area (Å²) in [6, 6.07) is 5.95. The van der Waals surface area contributed by atoms with Gasteiger partial charge in [0.15, 0.2) is 0 Å². The molecule has 0 fully saturated rings. The number of pyridine rings is 1. The van der Waals surface area contributed by atoms with E-state index in [1.165, 1.54) is 6.26 Å². The number of hydrogen-bond donors (Lipinski definition) is 1. The van der Waals surface area contributed by atoms with Gasteiger partial charge in [-0.15, -0.1) is 0 Å². The Kier molecular flexibility index (Phi) is 4.22. The van der Waals surface area contributed by atoms with Crippen LogP contribution in [0.1, 0.15) is 52.7 Å². The lowest BCUT2D eigenvalue weighted by molar-refractivity contribution is 0.587. The van der Waals surface area contributed by atoms with Gasteiger partial charge in [-0.05, 0) is 16.4 Å². The Hall–Kier alpha value is -1.62. The largest absolute Gasteiger partial charge is 0.283 e. The van der Waals surface area contributed by atoms with Crippen LogP contribution in [0.2, 0.25) is 0 Å². The van der Waals surface area contributed by atoms with Gasteiger partial charge in [-0.1, -0.05) is 59.7 Å². The zero-order chi connectivity index (χ0) is 17.6. The molecule has 23 heavy (non-hydrogen) atoms. The van der Waals surface area contributed by atoms with Gasteiger partial charge in [0.2, 0.25) is 10.0 Å². The highest BCUT2D eigenvalue weighted by Crippen LogP contribution is 2.38. The predicted octanol–water partition coefficient (Wildman–Crippen LogP) is 4.20. The summed E-state index contributed by atoms with van der Waals surface area (Å²) in [6.07, 6.45) is 2.98. The molecule has 5 heteroatoms. The maximum atomic E-state index is 11.9. The van der Waals surface area contributed by atoms with Crippen molar-refractivity contribution >= 4 is 26.6 Å². The SMILES string of the molecule is CC(C)(C)c1cnc2c(C(C)(C)C)cccc2c1NS(C)(=O)=O. The van der Waals surface area contributed by atoms with Crippen molar-refractivity contribution in [3.05, 3.63) is 35.5 Å². The Balaban J connectivity index is 2.90. The number of para-hydroxylation sites is 1. The van der Waals surface area contributed by atoms with Crippen LogP contribution in [0.15, 0.2) is 24.4 Å². The van der Waals surface area contributed by atoms with E-state index in [0.717, 1.165) is 22.0 Å². The second-order valence-electron chi connectivity index (χ2n) is 8.12. The molecule has 1 N–H and O–H groups in total. The smallest absolute Gasteiger partial charge is 0.229 e. The van der Waals surface area contributed by atoms with E-state index in [9.17, 15) is 8.42 Å². The molecular weight excluding hydrogens is 308 g/mol. The maximum Gasteiger partial charge on any atom is 0.229 e. The summed E-state index contributed by atoms with van der Waals surface area (Å²) in [7, 11) is -3.38. The van der Waals surface area contributed by atoms with Gasteiger partial charge in [0, 0.05) is 17.1 Å². The van der Waals surface area contributed by atoms with Gasteiger partial charge in [-0.2, -0.15) is 0 Å². The number of rotatable bonds is 2. The first-order chi connectivity index (χ1) is 10.3. The molecule has 2 rings (SSSR count). The third-order valence-corrected chi connectivity index (χ3v) is 4.38. The van der Waals surface area contributed by atoms with Crippen LogP contribution in [0.25, 0.3) is 10.9 Å². The van der Waals surface area contributed by atoms with Crippen LogP contribution in [0.5, 0.6) is 0 Å². The number of benzene rings is 1. The topological polar surface area (TPSA) is 59.1 Å². The van der Waals surface area contributed by atoms with Crippen LogP contribution in [0.3, 0.4) is 0 Å². The number of fused-ring (bicyclic) bond motifs is 1. The van der Waals surface area contributed by atoms with Gasteiger partial charge < -0.3 is 0 Å². The molecule has 1 aromatic carbocycles. The zero-order valence-corrected chi connectivity index (χ0v) is 15.8. The van der Waals surface area contributed by atoms with Gasteiger partial charge in [-0.3, -0.25) is 9.71 Å². The number of sulfonamides is 1. The minimum absolute atomic E-state index is 0.0713. The molecule has 0 aliphatic carbocycles. The lowest BCUT2D eigenvalue weighted by Gasteiger charge is -2.26. The first kappa shape index (κ1) is 17.7. The Bertz CT molecular complexity index is 842. The number of nitrogens with zero attached hydrogens (tertiary/aromatic N) is 1. The third kappa shape index (κ3) is 3.83. The molecule has 0 aliphatic heterocycles. The average molecular weight is 334 g/mol. The molecule has 0 amide bonds. The molecule has 1 aromatic heterocycles. The fourth-order valence-corrected chi connectivity index (χ4v) is 3.28. The molecule has 0 saturated heterocycles. The van der Waals surface area contributed by atoms with Gasteiger partial charge in [0.05, 0.1) is 17.5 Å². The molecule has 0 atom stereocenters. The molecule has 2 aromatic rings. The van der Waals surface area contributed by atoms with Crippen molar-refractivity contribution < 1.29 is 8.42 Å². The zero-order valence-electron chi connectivity index (χ0n) is 15.0. The highest BCUT2D eigenvalue weighted by atomic mass is 32.2. The van der Waals surface area contributed by atoms with Crippen LogP contribution < -0.4 is 4.72 Å².